The summed E-state index contributed by atoms with van der Waals surface area (Å²) in [6.07, 6.45) is 7.11. The summed E-state index contributed by atoms with van der Waals surface area (Å²) in [6, 6.07) is 2.16. The fourth-order valence-corrected chi connectivity index (χ4v) is 3.50. The standard InChI is InChI=1S/C17H21N7O/c1-10-20-17(22-21-10)15-12(4-7-25-15)9-19-16-14-8-13(11-2-3-11)23-24(14)6-5-18-16/h5-6,8,11-12,15H,2-4,7,9H2,1H3,(H,18,19)(H,20,21,22)/t12-,15-/m0/s1. The van der Waals surface area contributed by atoms with Crippen LogP contribution in [0.3, 0.4) is 0 Å². The lowest BCUT2D eigenvalue weighted by Crippen LogP contribution is -2.19. The topological polar surface area (TPSA) is 93.0 Å². The van der Waals surface area contributed by atoms with Crippen molar-refractivity contribution in [3.05, 3.63) is 35.8 Å². The van der Waals surface area contributed by atoms with Crippen molar-refractivity contribution in [2.75, 3.05) is 18.5 Å². The Balaban J connectivity index is 1.34. The maximum Gasteiger partial charge on any atom is 0.179 e. The highest BCUT2D eigenvalue weighted by atomic mass is 16.5. The van der Waals surface area contributed by atoms with Crippen LogP contribution in [0.4, 0.5) is 5.82 Å². The molecule has 8 heteroatoms. The fraction of sp³-hybridized carbons (Fsp3) is 0.529. The van der Waals surface area contributed by atoms with Crippen LogP contribution < -0.4 is 5.32 Å². The summed E-state index contributed by atoms with van der Waals surface area (Å²) in [5, 5.41) is 15.3. The quantitative estimate of drug-likeness (QED) is 0.740. The fourth-order valence-electron chi connectivity index (χ4n) is 3.50. The van der Waals surface area contributed by atoms with Crippen molar-refractivity contribution < 1.29 is 4.74 Å². The zero-order chi connectivity index (χ0) is 16.8. The van der Waals surface area contributed by atoms with Gasteiger partial charge in [0.2, 0.25) is 0 Å². The molecule has 0 aromatic carbocycles. The maximum absolute atomic E-state index is 5.86. The highest BCUT2D eigenvalue weighted by Crippen LogP contribution is 2.40. The van der Waals surface area contributed by atoms with Gasteiger partial charge in [-0.15, -0.1) is 0 Å². The SMILES string of the molecule is Cc1nc([C@H]2OCC[C@H]2CNc2nccn3nc(C4CC4)cc23)n[nH]1. The molecule has 4 heterocycles. The van der Waals surface area contributed by atoms with Crippen LogP contribution in [-0.4, -0.2) is 42.9 Å². The first kappa shape index (κ1) is 14.8. The first-order valence-electron chi connectivity index (χ1n) is 8.86. The molecule has 0 amide bonds. The molecule has 1 saturated carbocycles. The molecule has 1 aliphatic heterocycles. The third kappa shape index (κ3) is 2.76. The van der Waals surface area contributed by atoms with Gasteiger partial charge in [0.15, 0.2) is 11.6 Å². The Labute approximate surface area is 145 Å². The van der Waals surface area contributed by atoms with E-state index in [0.29, 0.717) is 11.8 Å². The lowest BCUT2D eigenvalue weighted by molar-refractivity contribution is 0.0863. The number of nitrogens with zero attached hydrogens (tertiary/aromatic N) is 5. The van der Waals surface area contributed by atoms with Crippen molar-refractivity contribution >= 4 is 11.3 Å². The molecule has 1 aliphatic carbocycles. The maximum atomic E-state index is 5.86. The second kappa shape index (κ2) is 5.80. The number of hydrogen-bond acceptors (Lipinski definition) is 6. The number of aromatic nitrogens is 6. The summed E-state index contributed by atoms with van der Waals surface area (Å²) in [5.41, 5.74) is 2.21. The van der Waals surface area contributed by atoms with Crippen LogP contribution in [-0.2, 0) is 4.74 Å². The van der Waals surface area contributed by atoms with E-state index in [0.717, 1.165) is 42.6 Å². The largest absolute Gasteiger partial charge is 0.370 e. The number of rotatable bonds is 5. The molecule has 2 N–H and O–H groups in total. The number of anilines is 1. The molecule has 25 heavy (non-hydrogen) atoms. The van der Waals surface area contributed by atoms with Gasteiger partial charge in [0.1, 0.15) is 17.4 Å². The third-order valence-electron chi connectivity index (χ3n) is 5.02. The van der Waals surface area contributed by atoms with Crippen molar-refractivity contribution in [3.63, 3.8) is 0 Å². The molecule has 130 valence electrons. The van der Waals surface area contributed by atoms with E-state index in [4.69, 9.17) is 4.74 Å². The Morgan fingerprint density at radius 1 is 1.36 bits per heavy atom. The molecule has 2 aliphatic rings. The molecule has 8 nitrogen and oxygen atoms in total. The predicted octanol–water partition coefficient (Wildman–Crippen LogP) is 2.22. The van der Waals surface area contributed by atoms with Gasteiger partial charge in [-0.1, -0.05) is 0 Å². The molecule has 3 aromatic heterocycles. The molecule has 0 unspecified atom stereocenters. The van der Waals surface area contributed by atoms with Crippen molar-refractivity contribution in [1.82, 2.24) is 29.8 Å². The molecular formula is C17H21N7O. The molecule has 1 saturated heterocycles. The van der Waals surface area contributed by atoms with Crippen LogP contribution in [0, 0.1) is 12.8 Å². The van der Waals surface area contributed by atoms with E-state index >= 15 is 0 Å². The molecular weight excluding hydrogens is 318 g/mol. The molecule has 3 aromatic rings. The number of H-pyrrole nitrogens is 1. The van der Waals surface area contributed by atoms with Gasteiger partial charge in [-0.3, -0.25) is 5.10 Å². The molecule has 5 rings (SSSR count). The predicted molar refractivity (Wildman–Crippen MR) is 91.4 cm³/mol. The Kier molecular flexibility index (Phi) is 3.44. The van der Waals surface area contributed by atoms with Crippen molar-refractivity contribution in [2.45, 2.75) is 38.2 Å². The van der Waals surface area contributed by atoms with Crippen LogP contribution in [0.25, 0.3) is 5.52 Å². The highest BCUT2D eigenvalue weighted by Gasteiger charge is 2.33. The molecule has 0 spiro atoms. The zero-order valence-electron chi connectivity index (χ0n) is 14.1. The summed E-state index contributed by atoms with van der Waals surface area (Å²) in [6.45, 7) is 3.41. The van der Waals surface area contributed by atoms with E-state index in [1.807, 2.05) is 17.6 Å². The van der Waals surface area contributed by atoms with Gasteiger partial charge >= 0.3 is 0 Å². The molecule has 2 atom stereocenters. The van der Waals surface area contributed by atoms with E-state index in [9.17, 15) is 0 Å². The highest BCUT2D eigenvalue weighted by molar-refractivity contribution is 5.68. The van der Waals surface area contributed by atoms with Crippen LogP contribution in [0.2, 0.25) is 0 Å². The van der Waals surface area contributed by atoms with Gasteiger partial charge in [-0.25, -0.2) is 14.5 Å². The summed E-state index contributed by atoms with van der Waals surface area (Å²) >= 11 is 0. The third-order valence-corrected chi connectivity index (χ3v) is 5.02. The Bertz CT molecular complexity index is 897. The summed E-state index contributed by atoms with van der Waals surface area (Å²) in [7, 11) is 0. The van der Waals surface area contributed by atoms with Gasteiger partial charge in [0.05, 0.1) is 5.69 Å². The van der Waals surface area contributed by atoms with E-state index in [1.54, 1.807) is 6.20 Å². The monoisotopic (exact) mass is 339 g/mol. The van der Waals surface area contributed by atoms with Crippen molar-refractivity contribution in [1.29, 1.82) is 0 Å². The minimum atomic E-state index is -0.0656. The van der Waals surface area contributed by atoms with E-state index < -0.39 is 0 Å². The van der Waals surface area contributed by atoms with E-state index in [2.05, 4.69) is 36.6 Å². The first-order valence-corrected chi connectivity index (χ1v) is 8.86. The van der Waals surface area contributed by atoms with Gasteiger partial charge in [-0.2, -0.15) is 10.2 Å². The minimum Gasteiger partial charge on any atom is -0.370 e. The zero-order valence-corrected chi connectivity index (χ0v) is 14.1. The molecule has 0 bridgehead atoms. The number of aromatic amines is 1. The number of ether oxygens (including phenoxy) is 1. The van der Waals surface area contributed by atoms with E-state index in [1.165, 1.54) is 18.5 Å². The van der Waals surface area contributed by atoms with Gasteiger partial charge in [-0.05, 0) is 32.3 Å². The normalized spacial score (nSPS) is 23.4. The second-order valence-corrected chi connectivity index (χ2v) is 6.95. The summed E-state index contributed by atoms with van der Waals surface area (Å²) < 4.78 is 7.78. The Hall–Kier alpha value is -2.48. The van der Waals surface area contributed by atoms with Crippen molar-refractivity contribution in [3.8, 4) is 0 Å². The van der Waals surface area contributed by atoms with Crippen LogP contribution >= 0.6 is 0 Å². The lowest BCUT2D eigenvalue weighted by atomic mass is 10.0. The van der Waals surface area contributed by atoms with Gasteiger partial charge in [0.25, 0.3) is 0 Å². The number of aryl methyl sites for hydroxylation is 1. The van der Waals surface area contributed by atoms with Gasteiger partial charge in [0, 0.05) is 37.4 Å². The van der Waals surface area contributed by atoms with Crippen molar-refractivity contribution in [2.24, 2.45) is 5.92 Å². The van der Waals surface area contributed by atoms with Gasteiger partial charge < -0.3 is 10.1 Å². The number of hydrogen-bond donors (Lipinski definition) is 2. The van der Waals surface area contributed by atoms with Crippen LogP contribution in [0.1, 0.15) is 48.6 Å². The summed E-state index contributed by atoms with van der Waals surface area (Å²) in [4.78, 5) is 8.94. The second-order valence-electron chi connectivity index (χ2n) is 6.95. The molecule has 0 radical (unpaired) electrons. The van der Waals surface area contributed by atoms with Crippen LogP contribution in [0.15, 0.2) is 18.5 Å². The first-order chi connectivity index (χ1) is 12.3. The average Bonchev–Trinajstić information content (AvgIpc) is 3.02. The minimum absolute atomic E-state index is 0.0656. The number of fused-ring (bicyclic) bond motifs is 1. The lowest BCUT2D eigenvalue weighted by Gasteiger charge is -2.16. The Morgan fingerprint density at radius 2 is 2.28 bits per heavy atom. The average molecular weight is 339 g/mol. The van der Waals surface area contributed by atoms with E-state index in [-0.39, 0.29) is 6.10 Å². The number of nitrogens with one attached hydrogen (secondary N) is 2. The smallest absolute Gasteiger partial charge is 0.179 e. The van der Waals surface area contributed by atoms with Crippen LogP contribution in [0.5, 0.6) is 0 Å². The Morgan fingerprint density at radius 3 is 3.08 bits per heavy atom. The summed E-state index contributed by atoms with van der Waals surface area (Å²) in [5.74, 6) is 3.39. The molecule has 2 fully saturated rings.